The number of hydrogen-bond acceptors (Lipinski definition) is 3. The van der Waals surface area contributed by atoms with Crippen molar-refractivity contribution in [3.8, 4) is 0 Å². The third kappa shape index (κ3) is 2.94. The van der Waals surface area contributed by atoms with Gasteiger partial charge in [0.2, 0.25) is 0 Å². The van der Waals surface area contributed by atoms with Crippen molar-refractivity contribution in [2.24, 2.45) is 0 Å². The van der Waals surface area contributed by atoms with Gasteiger partial charge in [-0.15, -0.1) is 0 Å². The number of halogens is 1. The Labute approximate surface area is 106 Å². The molecule has 0 radical (unpaired) electrons. The Balaban J connectivity index is 3.31. The molecule has 90 valence electrons. The summed E-state index contributed by atoms with van der Waals surface area (Å²) >= 11 is 3.59. The number of anilines is 1. The van der Waals surface area contributed by atoms with Gasteiger partial charge in [0, 0.05) is 18.4 Å². The van der Waals surface area contributed by atoms with Gasteiger partial charge in [0.25, 0.3) is 0 Å². The molecule has 4 heteroatoms. The van der Waals surface area contributed by atoms with Gasteiger partial charge in [-0.25, -0.2) is 9.97 Å². The molecule has 0 aliphatic carbocycles. The normalized spacial score (nSPS) is 11.6. The lowest BCUT2D eigenvalue weighted by atomic mass is 9.92. The van der Waals surface area contributed by atoms with Crippen molar-refractivity contribution in [3.05, 3.63) is 16.0 Å². The van der Waals surface area contributed by atoms with Crippen LogP contribution in [-0.4, -0.2) is 16.5 Å². The first-order valence-corrected chi connectivity index (χ1v) is 6.50. The Morgan fingerprint density at radius 3 is 2.25 bits per heavy atom. The van der Waals surface area contributed by atoms with E-state index in [-0.39, 0.29) is 5.41 Å². The minimum Gasteiger partial charge on any atom is -0.369 e. The Kier molecular flexibility index (Phi) is 4.30. The first-order valence-electron chi connectivity index (χ1n) is 5.70. The highest BCUT2D eigenvalue weighted by atomic mass is 79.9. The number of aromatic nitrogens is 2. The van der Waals surface area contributed by atoms with Crippen molar-refractivity contribution in [2.45, 2.75) is 46.5 Å². The highest BCUT2D eigenvalue weighted by Crippen LogP contribution is 2.32. The molecule has 0 atom stereocenters. The largest absolute Gasteiger partial charge is 0.369 e. The fourth-order valence-electron chi connectivity index (χ4n) is 1.43. The van der Waals surface area contributed by atoms with E-state index in [0.29, 0.717) is 0 Å². The molecule has 0 saturated carbocycles. The molecule has 1 heterocycles. The number of hydrogen-bond donors (Lipinski definition) is 1. The molecule has 0 aliphatic heterocycles. The number of aryl methyl sites for hydroxylation is 1. The molecular weight excluding hydrogens is 266 g/mol. The summed E-state index contributed by atoms with van der Waals surface area (Å²) in [4.78, 5) is 9.09. The molecule has 0 saturated heterocycles. The van der Waals surface area contributed by atoms with E-state index in [9.17, 15) is 0 Å². The third-order valence-electron chi connectivity index (χ3n) is 2.27. The molecule has 1 rings (SSSR count). The second kappa shape index (κ2) is 5.13. The van der Waals surface area contributed by atoms with E-state index < -0.39 is 0 Å². The van der Waals surface area contributed by atoms with Crippen molar-refractivity contribution in [1.29, 1.82) is 0 Å². The second-order valence-corrected chi connectivity index (χ2v) is 5.58. The van der Waals surface area contributed by atoms with Crippen LogP contribution in [0.1, 0.15) is 46.1 Å². The van der Waals surface area contributed by atoms with Gasteiger partial charge in [-0.05, 0) is 22.9 Å². The molecule has 1 aromatic heterocycles. The quantitative estimate of drug-likeness (QED) is 0.923. The number of nitrogens with zero attached hydrogens (tertiary/aromatic N) is 2. The highest BCUT2D eigenvalue weighted by Gasteiger charge is 2.22. The summed E-state index contributed by atoms with van der Waals surface area (Å²) in [6.45, 7) is 11.5. The minimum absolute atomic E-state index is 0.0237. The highest BCUT2D eigenvalue weighted by molar-refractivity contribution is 9.10. The predicted octanol–water partition coefficient (Wildman–Crippen LogP) is 3.53. The molecule has 1 aromatic rings. The maximum atomic E-state index is 4.61. The van der Waals surface area contributed by atoms with Crippen LogP contribution < -0.4 is 5.32 Å². The Morgan fingerprint density at radius 2 is 1.81 bits per heavy atom. The first-order chi connectivity index (χ1) is 7.40. The van der Waals surface area contributed by atoms with Gasteiger partial charge in [0.05, 0.1) is 10.2 Å². The summed E-state index contributed by atoms with van der Waals surface area (Å²) in [5.41, 5.74) is 1.09. The summed E-state index contributed by atoms with van der Waals surface area (Å²) in [6.07, 6.45) is 0.856. The molecule has 0 aromatic carbocycles. The van der Waals surface area contributed by atoms with Gasteiger partial charge in [-0.1, -0.05) is 27.7 Å². The predicted molar refractivity (Wildman–Crippen MR) is 72.0 cm³/mol. The average Bonchev–Trinajstić information content (AvgIpc) is 2.19. The van der Waals surface area contributed by atoms with Crippen molar-refractivity contribution in [2.75, 3.05) is 11.9 Å². The van der Waals surface area contributed by atoms with Crippen LogP contribution in [0.3, 0.4) is 0 Å². The third-order valence-corrected chi connectivity index (χ3v) is 3.02. The zero-order valence-corrected chi connectivity index (χ0v) is 12.3. The maximum Gasteiger partial charge on any atom is 0.144 e. The first kappa shape index (κ1) is 13.4. The summed E-state index contributed by atoms with van der Waals surface area (Å²) in [5.74, 6) is 1.79. The van der Waals surface area contributed by atoms with Crippen molar-refractivity contribution in [1.82, 2.24) is 9.97 Å². The van der Waals surface area contributed by atoms with Crippen LogP contribution in [0.4, 0.5) is 5.82 Å². The summed E-state index contributed by atoms with van der Waals surface area (Å²) in [7, 11) is 0. The average molecular weight is 286 g/mol. The summed E-state index contributed by atoms with van der Waals surface area (Å²) in [5, 5.41) is 3.27. The molecule has 0 aliphatic rings. The van der Waals surface area contributed by atoms with Crippen LogP contribution in [0.25, 0.3) is 0 Å². The van der Waals surface area contributed by atoms with Crippen LogP contribution >= 0.6 is 15.9 Å². The summed E-state index contributed by atoms with van der Waals surface area (Å²) in [6, 6.07) is 0. The molecular formula is C12H20BrN3. The second-order valence-electron chi connectivity index (χ2n) is 4.78. The van der Waals surface area contributed by atoms with E-state index in [1.165, 1.54) is 0 Å². The molecule has 0 unspecified atom stereocenters. The molecule has 0 amide bonds. The fraction of sp³-hybridized carbons (Fsp3) is 0.667. The Morgan fingerprint density at radius 1 is 1.19 bits per heavy atom. The van der Waals surface area contributed by atoms with Gasteiger partial charge in [-0.2, -0.15) is 0 Å². The van der Waals surface area contributed by atoms with E-state index in [1.807, 2.05) is 0 Å². The van der Waals surface area contributed by atoms with Crippen LogP contribution in [0.5, 0.6) is 0 Å². The monoisotopic (exact) mass is 285 g/mol. The molecule has 0 spiro atoms. The van der Waals surface area contributed by atoms with Gasteiger partial charge < -0.3 is 5.32 Å². The van der Waals surface area contributed by atoms with E-state index in [4.69, 9.17) is 0 Å². The topological polar surface area (TPSA) is 37.8 Å². The van der Waals surface area contributed by atoms with E-state index >= 15 is 0 Å². The van der Waals surface area contributed by atoms with E-state index in [0.717, 1.165) is 34.8 Å². The van der Waals surface area contributed by atoms with Crippen molar-refractivity contribution >= 4 is 21.7 Å². The van der Waals surface area contributed by atoms with E-state index in [2.05, 4.69) is 65.8 Å². The molecule has 0 bridgehead atoms. The van der Waals surface area contributed by atoms with Crippen molar-refractivity contribution < 1.29 is 0 Å². The Bertz CT molecular complexity index is 369. The lowest BCUT2D eigenvalue weighted by Gasteiger charge is -2.21. The lowest BCUT2D eigenvalue weighted by molar-refractivity contribution is 0.559. The smallest absolute Gasteiger partial charge is 0.144 e. The molecule has 1 N–H and O–H groups in total. The van der Waals surface area contributed by atoms with Crippen LogP contribution in [0.15, 0.2) is 4.47 Å². The van der Waals surface area contributed by atoms with Crippen LogP contribution in [0, 0.1) is 0 Å². The van der Waals surface area contributed by atoms with Gasteiger partial charge in [0.1, 0.15) is 11.6 Å². The molecule has 16 heavy (non-hydrogen) atoms. The lowest BCUT2D eigenvalue weighted by Crippen LogP contribution is -2.18. The van der Waals surface area contributed by atoms with Crippen molar-refractivity contribution in [3.63, 3.8) is 0 Å². The van der Waals surface area contributed by atoms with Gasteiger partial charge in [-0.3, -0.25) is 0 Å². The van der Waals surface area contributed by atoms with Crippen LogP contribution in [0.2, 0.25) is 0 Å². The zero-order valence-electron chi connectivity index (χ0n) is 10.7. The van der Waals surface area contributed by atoms with Gasteiger partial charge in [0.15, 0.2) is 0 Å². The number of nitrogens with one attached hydrogen (secondary N) is 1. The fourth-order valence-corrected chi connectivity index (χ4v) is 2.35. The Hall–Kier alpha value is -0.640. The maximum absolute atomic E-state index is 4.61. The summed E-state index contributed by atoms with van der Waals surface area (Å²) < 4.78 is 0.985. The van der Waals surface area contributed by atoms with Gasteiger partial charge >= 0.3 is 0 Å². The van der Waals surface area contributed by atoms with E-state index in [1.54, 1.807) is 0 Å². The van der Waals surface area contributed by atoms with Crippen LogP contribution in [-0.2, 0) is 11.8 Å². The SMILES string of the molecule is CCNc1nc(CC)nc(C(C)(C)C)c1Br. The number of rotatable bonds is 3. The molecule has 3 nitrogen and oxygen atoms in total. The zero-order chi connectivity index (χ0) is 12.3. The standard InChI is InChI=1S/C12H20BrN3/c1-6-8-15-10(12(3,4)5)9(13)11(16-8)14-7-2/h6-7H2,1-5H3,(H,14,15,16). The molecule has 0 fully saturated rings. The minimum atomic E-state index is 0.0237.